The van der Waals surface area contributed by atoms with Crippen molar-refractivity contribution in [2.75, 3.05) is 18.1 Å². The van der Waals surface area contributed by atoms with Crippen LogP contribution in [0.1, 0.15) is 44.2 Å². The van der Waals surface area contributed by atoms with Crippen molar-refractivity contribution in [3.05, 3.63) is 62.6 Å². The van der Waals surface area contributed by atoms with E-state index in [4.69, 9.17) is 39.6 Å². The zero-order valence-corrected chi connectivity index (χ0v) is 19.5. The summed E-state index contributed by atoms with van der Waals surface area (Å²) < 4.78 is 0. The number of hydroxylamine groups is 2. The molecule has 1 aliphatic heterocycles. The van der Waals surface area contributed by atoms with Crippen molar-refractivity contribution in [2.24, 2.45) is 0 Å². The number of hydrogen-bond donors (Lipinski definition) is 0. The van der Waals surface area contributed by atoms with Crippen LogP contribution in [0.15, 0.2) is 36.4 Å². The highest BCUT2D eigenvalue weighted by Crippen LogP contribution is 2.31. The van der Waals surface area contributed by atoms with Gasteiger partial charge in [0.05, 0.1) is 17.2 Å². The Balaban J connectivity index is 1.95. The Bertz CT molecular complexity index is 911. The van der Waals surface area contributed by atoms with Gasteiger partial charge in [0.2, 0.25) is 0 Å². The van der Waals surface area contributed by atoms with Crippen LogP contribution in [0, 0.1) is 11.3 Å². The molecular weight excluding hydrogens is 441 g/mol. The fourth-order valence-corrected chi connectivity index (χ4v) is 4.50. The first-order valence-electron chi connectivity index (χ1n) is 10.3. The molecule has 0 aromatic heterocycles. The molecule has 7 heteroatoms. The zero-order valence-electron chi connectivity index (χ0n) is 17.2. The van der Waals surface area contributed by atoms with Gasteiger partial charge < -0.3 is 4.90 Å². The van der Waals surface area contributed by atoms with Gasteiger partial charge in [-0.3, -0.25) is 4.84 Å². The first-order chi connectivity index (χ1) is 14.5. The average Bonchev–Trinajstić information content (AvgIpc) is 2.75. The summed E-state index contributed by atoms with van der Waals surface area (Å²) in [5, 5.41) is 13.1. The average molecular weight is 467 g/mol. The second kappa shape index (κ2) is 10.7. The van der Waals surface area contributed by atoms with Crippen LogP contribution in [0.5, 0.6) is 0 Å². The van der Waals surface area contributed by atoms with Crippen LogP contribution in [-0.4, -0.2) is 30.3 Å². The molecule has 0 N–H and O–H groups in total. The largest absolute Gasteiger partial charge is 0.363 e. The Labute approximate surface area is 193 Å². The normalized spacial score (nSPS) is 17.2. The van der Waals surface area contributed by atoms with E-state index in [2.05, 4.69) is 29.9 Å². The lowest BCUT2D eigenvalue weighted by molar-refractivity contribution is -0.211. The molecule has 3 rings (SSSR count). The van der Waals surface area contributed by atoms with Gasteiger partial charge in [-0.1, -0.05) is 48.7 Å². The maximum absolute atomic E-state index is 9.25. The molecule has 1 saturated heterocycles. The summed E-state index contributed by atoms with van der Waals surface area (Å²) in [5.74, 6) is 0. The molecule has 0 radical (unpaired) electrons. The minimum atomic E-state index is 0.207. The number of nitriles is 1. The molecule has 0 spiro atoms. The van der Waals surface area contributed by atoms with Crippen molar-refractivity contribution in [3.8, 4) is 6.07 Å². The first kappa shape index (κ1) is 23.2. The van der Waals surface area contributed by atoms with E-state index in [1.165, 1.54) is 0 Å². The monoisotopic (exact) mass is 465 g/mol. The standard InChI is InChI=1S/C23H26Cl3N3O/c1-3-19(4-2)29-15-21(9-10-30-29)28(14-17-11-18(24)6-8-22(17)25)20-7-5-16(13-27)23(26)12-20/h5-8,11-12,19,21H,3-4,9-10,14-15H2,1-2H3/t21-/m0/s1. The van der Waals surface area contributed by atoms with Gasteiger partial charge in [0.15, 0.2) is 0 Å². The lowest BCUT2D eigenvalue weighted by Crippen LogP contribution is -2.51. The van der Waals surface area contributed by atoms with E-state index in [9.17, 15) is 5.26 Å². The Kier molecular flexibility index (Phi) is 8.27. The Morgan fingerprint density at radius 1 is 1.13 bits per heavy atom. The predicted molar refractivity (Wildman–Crippen MR) is 124 cm³/mol. The smallest absolute Gasteiger partial charge is 0.101 e. The molecule has 0 saturated carbocycles. The van der Waals surface area contributed by atoms with Crippen LogP contribution >= 0.6 is 34.8 Å². The molecular formula is C23H26Cl3N3O. The van der Waals surface area contributed by atoms with Crippen molar-refractivity contribution in [1.82, 2.24) is 5.06 Å². The third-order valence-corrected chi connectivity index (χ3v) is 6.56. The van der Waals surface area contributed by atoms with E-state index in [0.717, 1.165) is 37.1 Å². The van der Waals surface area contributed by atoms with Gasteiger partial charge in [0.25, 0.3) is 0 Å². The summed E-state index contributed by atoms with van der Waals surface area (Å²) in [4.78, 5) is 8.28. The van der Waals surface area contributed by atoms with Crippen molar-refractivity contribution < 1.29 is 4.84 Å². The van der Waals surface area contributed by atoms with Crippen LogP contribution in [-0.2, 0) is 11.4 Å². The number of hydrogen-bond acceptors (Lipinski definition) is 4. The van der Waals surface area contributed by atoms with Gasteiger partial charge in [0, 0.05) is 40.9 Å². The number of anilines is 1. The maximum Gasteiger partial charge on any atom is 0.101 e. The highest BCUT2D eigenvalue weighted by molar-refractivity contribution is 6.33. The zero-order chi connectivity index (χ0) is 21.7. The van der Waals surface area contributed by atoms with Gasteiger partial charge in [-0.05, 0) is 61.2 Å². The molecule has 2 aromatic carbocycles. The van der Waals surface area contributed by atoms with Gasteiger partial charge in [0.1, 0.15) is 6.07 Å². The summed E-state index contributed by atoms with van der Waals surface area (Å²) in [5.41, 5.74) is 2.36. The Hall–Kier alpha value is -1.48. The first-order valence-corrected chi connectivity index (χ1v) is 11.4. The van der Waals surface area contributed by atoms with Crippen molar-refractivity contribution >= 4 is 40.5 Å². The number of rotatable bonds is 7. The lowest BCUT2D eigenvalue weighted by atomic mass is 10.0. The van der Waals surface area contributed by atoms with Crippen molar-refractivity contribution in [1.29, 1.82) is 5.26 Å². The molecule has 1 atom stereocenters. The maximum atomic E-state index is 9.25. The third-order valence-electron chi connectivity index (χ3n) is 5.64. The molecule has 1 fully saturated rings. The third kappa shape index (κ3) is 5.41. The van der Waals surface area contributed by atoms with Crippen molar-refractivity contribution in [3.63, 3.8) is 0 Å². The Morgan fingerprint density at radius 2 is 1.90 bits per heavy atom. The van der Waals surface area contributed by atoms with E-state index in [1.807, 2.05) is 24.3 Å². The summed E-state index contributed by atoms with van der Waals surface area (Å²) in [6.07, 6.45) is 2.95. The molecule has 1 heterocycles. The summed E-state index contributed by atoms with van der Waals surface area (Å²) in [7, 11) is 0. The van der Waals surface area contributed by atoms with Gasteiger partial charge >= 0.3 is 0 Å². The van der Waals surface area contributed by atoms with Crippen LogP contribution in [0.25, 0.3) is 0 Å². The molecule has 160 valence electrons. The fourth-order valence-electron chi connectivity index (χ4n) is 3.92. The summed E-state index contributed by atoms with van der Waals surface area (Å²) in [6.45, 7) is 6.40. The minimum absolute atomic E-state index is 0.207. The van der Waals surface area contributed by atoms with Gasteiger partial charge in [-0.25, -0.2) is 0 Å². The molecule has 30 heavy (non-hydrogen) atoms. The molecule has 0 aliphatic carbocycles. The van der Waals surface area contributed by atoms with Gasteiger partial charge in [-0.2, -0.15) is 10.3 Å². The van der Waals surface area contributed by atoms with E-state index in [-0.39, 0.29) is 6.04 Å². The number of nitrogens with zero attached hydrogens (tertiary/aromatic N) is 3. The van der Waals surface area contributed by atoms with Crippen LogP contribution in [0.2, 0.25) is 15.1 Å². The molecule has 0 unspecified atom stereocenters. The summed E-state index contributed by atoms with van der Waals surface area (Å²) >= 11 is 19.1. The molecule has 0 amide bonds. The second-order valence-electron chi connectivity index (χ2n) is 7.49. The van der Waals surface area contributed by atoms with E-state index in [1.54, 1.807) is 12.1 Å². The predicted octanol–water partition coefficient (Wildman–Crippen LogP) is 6.72. The van der Waals surface area contributed by atoms with Crippen molar-refractivity contribution in [2.45, 2.75) is 51.7 Å². The SMILES string of the molecule is CCC(CC)N1C[C@@H](N(Cc2cc(Cl)ccc2Cl)c2ccc(C#N)c(Cl)c2)CCO1. The van der Waals surface area contributed by atoms with E-state index < -0.39 is 0 Å². The molecule has 1 aliphatic rings. The van der Waals surface area contributed by atoms with Crippen LogP contribution < -0.4 is 4.90 Å². The Morgan fingerprint density at radius 3 is 2.57 bits per heavy atom. The quantitative estimate of drug-likeness (QED) is 0.454. The number of halogens is 3. The number of benzene rings is 2. The topological polar surface area (TPSA) is 39.5 Å². The van der Waals surface area contributed by atoms with E-state index in [0.29, 0.717) is 39.8 Å². The van der Waals surface area contributed by atoms with Crippen LogP contribution in [0.4, 0.5) is 5.69 Å². The summed E-state index contributed by atoms with van der Waals surface area (Å²) in [6, 6.07) is 13.8. The molecule has 2 aromatic rings. The second-order valence-corrected chi connectivity index (χ2v) is 8.74. The lowest BCUT2D eigenvalue weighted by Gasteiger charge is -2.42. The highest BCUT2D eigenvalue weighted by atomic mass is 35.5. The highest BCUT2D eigenvalue weighted by Gasteiger charge is 2.30. The van der Waals surface area contributed by atoms with Gasteiger partial charge in [-0.15, -0.1) is 0 Å². The van der Waals surface area contributed by atoms with Crippen LogP contribution in [0.3, 0.4) is 0 Å². The fraction of sp³-hybridized carbons (Fsp3) is 0.435. The minimum Gasteiger partial charge on any atom is -0.363 e. The molecule has 4 nitrogen and oxygen atoms in total. The van der Waals surface area contributed by atoms with E-state index >= 15 is 0 Å². The molecule has 0 bridgehead atoms.